The normalized spacial score (nSPS) is 22.2. The predicted octanol–water partition coefficient (Wildman–Crippen LogP) is 4.58. The summed E-state index contributed by atoms with van der Waals surface area (Å²) in [5.41, 5.74) is -0.0659. The molecule has 4 aromatic rings. The number of fused-ring (bicyclic) bond motifs is 3. The summed E-state index contributed by atoms with van der Waals surface area (Å²) in [6.45, 7) is 4.77. The van der Waals surface area contributed by atoms with E-state index in [1.54, 1.807) is 0 Å². The molecule has 3 saturated heterocycles. The lowest BCUT2D eigenvalue weighted by atomic mass is 9.93. The number of ether oxygens (including phenoxy) is 2. The molecule has 5 heterocycles. The maximum Gasteiger partial charge on any atom is 0.319 e. The first-order valence-electron chi connectivity index (χ1n) is 15.4. The summed E-state index contributed by atoms with van der Waals surface area (Å²) in [7, 11) is 4.21. The Labute approximate surface area is 260 Å². The molecule has 0 spiro atoms. The van der Waals surface area contributed by atoms with Gasteiger partial charge in [0.25, 0.3) is 0 Å². The Bertz CT molecular complexity index is 1820. The summed E-state index contributed by atoms with van der Waals surface area (Å²) in [5.74, 6) is 1.42. The van der Waals surface area contributed by atoms with Gasteiger partial charge in [0.2, 0.25) is 0 Å². The standard InChI is InChI=1S/C34H36F2N6O3/c1-4-24-27(35)8-7-21-15-23(43)16-25(28(21)24)30-29(36)31-26(18-37-30)32(41-10-6-13-44-14-12-41)39-33(38-31)45-20-34-9-5-11-42(34)19-22(17-34)40(2)3/h1,7-8,15-16,18,22,43H,5-6,9-14,17,19-20H2,2-3H3. The number of aromatic nitrogens is 3. The number of halogens is 2. The molecule has 234 valence electrons. The Morgan fingerprint density at radius 3 is 2.84 bits per heavy atom. The van der Waals surface area contributed by atoms with Crippen molar-refractivity contribution in [2.45, 2.75) is 37.3 Å². The van der Waals surface area contributed by atoms with Crippen molar-refractivity contribution < 1.29 is 23.4 Å². The van der Waals surface area contributed by atoms with Crippen LogP contribution in [0.2, 0.25) is 0 Å². The Morgan fingerprint density at radius 1 is 1.16 bits per heavy atom. The van der Waals surface area contributed by atoms with Gasteiger partial charge in [0.15, 0.2) is 5.82 Å². The first-order chi connectivity index (χ1) is 21.8. The fourth-order valence-electron chi connectivity index (χ4n) is 7.26. The van der Waals surface area contributed by atoms with Crippen molar-refractivity contribution in [2.75, 3.05) is 65.0 Å². The third-order valence-electron chi connectivity index (χ3n) is 9.60. The number of phenolic OH excluding ortho intramolecular Hbond substituents is 1. The molecule has 2 atom stereocenters. The van der Waals surface area contributed by atoms with E-state index in [0.717, 1.165) is 38.8 Å². The molecule has 0 bridgehead atoms. The van der Waals surface area contributed by atoms with Crippen LogP contribution in [-0.4, -0.2) is 102 Å². The van der Waals surface area contributed by atoms with Gasteiger partial charge in [0.05, 0.1) is 23.1 Å². The van der Waals surface area contributed by atoms with Crippen molar-refractivity contribution in [2.24, 2.45) is 0 Å². The number of rotatable bonds is 6. The number of nitrogens with zero attached hydrogens (tertiary/aromatic N) is 6. The number of hydrogen-bond donors (Lipinski definition) is 1. The molecule has 0 aliphatic carbocycles. The second-order valence-corrected chi connectivity index (χ2v) is 12.5. The molecule has 2 aromatic heterocycles. The topological polar surface area (TPSA) is 87.1 Å². The fourth-order valence-corrected chi connectivity index (χ4v) is 7.26. The molecule has 1 N–H and O–H groups in total. The molecule has 2 aromatic carbocycles. The van der Waals surface area contributed by atoms with E-state index >= 15 is 4.39 Å². The molecular weight excluding hydrogens is 578 g/mol. The van der Waals surface area contributed by atoms with Gasteiger partial charge in [0, 0.05) is 49.4 Å². The summed E-state index contributed by atoms with van der Waals surface area (Å²) < 4.78 is 43.6. The van der Waals surface area contributed by atoms with Crippen LogP contribution in [0.1, 0.15) is 31.2 Å². The largest absolute Gasteiger partial charge is 0.508 e. The number of aromatic hydroxyl groups is 1. The monoisotopic (exact) mass is 614 g/mol. The molecular formula is C34H36F2N6O3. The summed E-state index contributed by atoms with van der Waals surface area (Å²) in [5, 5.41) is 11.7. The highest BCUT2D eigenvalue weighted by atomic mass is 19.1. The molecule has 3 aliphatic heterocycles. The van der Waals surface area contributed by atoms with Crippen molar-refractivity contribution in [3.63, 3.8) is 0 Å². The molecule has 0 saturated carbocycles. The number of benzene rings is 2. The van der Waals surface area contributed by atoms with Gasteiger partial charge >= 0.3 is 6.01 Å². The van der Waals surface area contributed by atoms with E-state index in [4.69, 9.17) is 20.9 Å². The summed E-state index contributed by atoms with van der Waals surface area (Å²) >= 11 is 0. The van der Waals surface area contributed by atoms with Crippen molar-refractivity contribution in [1.82, 2.24) is 24.8 Å². The van der Waals surface area contributed by atoms with E-state index in [9.17, 15) is 9.50 Å². The highest BCUT2D eigenvalue weighted by molar-refractivity contribution is 6.03. The summed E-state index contributed by atoms with van der Waals surface area (Å²) in [6, 6.07) is 6.05. The second kappa shape index (κ2) is 11.7. The smallest absolute Gasteiger partial charge is 0.319 e. The van der Waals surface area contributed by atoms with Crippen LogP contribution < -0.4 is 9.64 Å². The van der Waals surface area contributed by atoms with Crippen LogP contribution >= 0.6 is 0 Å². The zero-order valence-electron chi connectivity index (χ0n) is 25.5. The van der Waals surface area contributed by atoms with E-state index < -0.39 is 11.6 Å². The third-order valence-corrected chi connectivity index (χ3v) is 9.60. The number of hydrogen-bond acceptors (Lipinski definition) is 9. The molecule has 3 fully saturated rings. The summed E-state index contributed by atoms with van der Waals surface area (Å²) in [6.07, 6.45) is 11.1. The van der Waals surface area contributed by atoms with E-state index in [0.29, 0.717) is 55.5 Å². The molecule has 9 nitrogen and oxygen atoms in total. The Morgan fingerprint density at radius 2 is 2.02 bits per heavy atom. The van der Waals surface area contributed by atoms with Crippen molar-refractivity contribution >= 4 is 27.5 Å². The van der Waals surface area contributed by atoms with E-state index in [1.807, 2.05) is 0 Å². The maximum atomic E-state index is 16.8. The molecule has 45 heavy (non-hydrogen) atoms. The third kappa shape index (κ3) is 5.21. The molecule has 7 rings (SSSR count). The Balaban J connectivity index is 1.36. The van der Waals surface area contributed by atoms with Crippen molar-refractivity contribution in [1.29, 1.82) is 0 Å². The van der Waals surface area contributed by atoms with Gasteiger partial charge in [-0.1, -0.05) is 12.0 Å². The zero-order chi connectivity index (χ0) is 31.3. The highest BCUT2D eigenvalue weighted by Crippen LogP contribution is 2.42. The SMILES string of the molecule is C#Cc1c(F)ccc2cc(O)cc(-c3ncc4c(N5CCCOCC5)nc(OCC56CCCN5CC(N(C)C)C6)nc4c3F)c12. The number of pyridine rings is 1. The van der Waals surface area contributed by atoms with E-state index in [2.05, 4.69) is 44.7 Å². The number of phenols is 1. The van der Waals surface area contributed by atoms with Crippen LogP contribution in [0.15, 0.2) is 30.5 Å². The van der Waals surface area contributed by atoms with Gasteiger partial charge < -0.3 is 24.4 Å². The lowest BCUT2D eigenvalue weighted by Gasteiger charge is -2.31. The quantitative estimate of drug-likeness (QED) is 0.314. The lowest BCUT2D eigenvalue weighted by molar-refractivity contribution is 0.107. The number of likely N-dealkylation sites (N-methyl/N-ethyl adjacent to an activating group) is 1. The average molecular weight is 615 g/mol. The lowest BCUT2D eigenvalue weighted by Crippen LogP contribution is -2.43. The molecule has 2 unspecified atom stereocenters. The average Bonchev–Trinajstić information content (AvgIpc) is 3.46. The molecule has 11 heteroatoms. The Kier molecular flexibility index (Phi) is 7.68. The van der Waals surface area contributed by atoms with Crippen LogP contribution in [0.3, 0.4) is 0 Å². The zero-order valence-corrected chi connectivity index (χ0v) is 25.5. The molecule has 0 radical (unpaired) electrons. The summed E-state index contributed by atoms with van der Waals surface area (Å²) in [4.78, 5) is 20.8. The van der Waals surface area contributed by atoms with E-state index in [-0.39, 0.29) is 45.0 Å². The molecule has 0 amide bonds. The minimum Gasteiger partial charge on any atom is -0.508 e. The second-order valence-electron chi connectivity index (χ2n) is 12.5. The van der Waals surface area contributed by atoms with Crippen LogP contribution in [0.5, 0.6) is 11.8 Å². The number of anilines is 1. The van der Waals surface area contributed by atoms with Gasteiger partial charge in [-0.3, -0.25) is 9.88 Å². The minimum absolute atomic E-state index is 0.0266. The predicted molar refractivity (Wildman–Crippen MR) is 169 cm³/mol. The van der Waals surface area contributed by atoms with Crippen LogP contribution in [0.4, 0.5) is 14.6 Å². The van der Waals surface area contributed by atoms with Gasteiger partial charge in [-0.25, -0.2) is 8.78 Å². The van der Waals surface area contributed by atoms with Crippen molar-refractivity contribution in [3.8, 4) is 35.4 Å². The first-order valence-corrected chi connectivity index (χ1v) is 15.4. The van der Waals surface area contributed by atoms with E-state index in [1.165, 1.54) is 30.5 Å². The van der Waals surface area contributed by atoms with Crippen LogP contribution in [0.25, 0.3) is 32.9 Å². The molecule has 3 aliphatic rings. The fraction of sp³-hybridized carbons (Fsp3) is 0.441. The first kappa shape index (κ1) is 29.6. The van der Waals surface area contributed by atoms with Crippen LogP contribution in [0, 0.1) is 24.0 Å². The van der Waals surface area contributed by atoms with Gasteiger partial charge in [-0.05, 0) is 69.9 Å². The van der Waals surface area contributed by atoms with Crippen LogP contribution in [-0.2, 0) is 4.74 Å². The highest BCUT2D eigenvalue weighted by Gasteiger charge is 2.49. The Hall–Kier alpha value is -4.11. The van der Waals surface area contributed by atoms with Gasteiger partial charge in [-0.15, -0.1) is 6.42 Å². The number of terminal acetylenes is 1. The minimum atomic E-state index is -0.736. The van der Waals surface area contributed by atoms with Gasteiger partial charge in [0.1, 0.15) is 35.2 Å². The van der Waals surface area contributed by atoms with Gasteiger partial charge in [-0.2, -0.15) is 9.97 Å². The van der Waals surface area contributed by atoms with Crippen molar-refractivity contribution in [3.05, 3.63) is 47.7 Å². The maximum absolute atomic E-state index is 16.8.